The normalized spacial score (nSPS) is 18.2. The third kappa shape index (κ3) is 3.73. The quantitative estimate of drug-likeness (QED) is 0.697. The van der Waals surface area contributed by atoms with Crippen molar-refractivity contribution in [3.8, 4) is 0 Å². The summed E-state index contributed by atoms with van der Waals surface area (Å²) in [6, 6.07) is 12.8. The topological polar surface area (TPSA) is 67.7 Å². The highest BCUT2D eigenvalue weighted by Crippen LogP contribution is 2.26. The number of likely N-dealkylation sites (tertiary alicyclic amines) is 1. The summed E-state index contributed by atoms with van der Waals surface area (Å²) < 4.78 is 5.34. The summed E-state index contributed by atoms with van der Waals surface area (Å²) >= 11 is 0. The molecule has 5 nitrogen and oxygen atoms in total. The predicted octanol–water partition coefficient (Wildman–Crippen LogP) is 3.30. The molecule has 1 aromatic heterocycles. The van der Waals surface area contributed by atoms with Gasteiger partial charge in [0.2, 0.25) is 0 Å². The van der Waals surface area contributed by atoms with Gasteiger partial charge in [-0.15, -0.1) is 0 Å². The van der Waals surface area contributed by atoms with Crippen LogP contribution >= 0.6 is 0 Å². The smallest absolute Gasteiger partial charge is 0.253 e. The van der Waals surface area contributed by atoms with Crippen LogP contribution in [0.1, 0.15) is 43.9 Å². The number of guanidine groups is 1. The fourth-order valence-corrected chi connectivity index (χ4v) is 2.80. The minimum absolute atomic E-state index is 0.136. The molecule has 0 spiro atoms. The lowest BCUT2D eigenvalue weighted by Crippen LogP contribution is -2.42. The van der Waals surface area contributed by atoms with Crippen LogP contribution in [-0.2, 0) is 0 Å². The Labute approximate surface area is 137 Å². The first-order valence-electron chi connectivity index (χ1n) is 8.15. The summed E-state index contributed by atoms with van der Waals surface area (Å²) in [7, 11) is 0. The van der Waals surface area contributed by atoms with Crippen LogP contribution in [0.2, 0.25) is 0 Å². The summed E-state index contributed by atoms with van der Waals surface area (Å²) in [6.45, 7) is 6.27. The Morgan fingerprint density at radius 3 is 2.96 bits per heavy atom. The molecule has 0 bridgehead atoms. The number of nitrogens with two attached hydrogens (primary N) is 1. The fourth-order valence-electron chi connectivity index (χ4n) is 2.80. The van der Waals surface area contributed by atoms with E-state index in [4.69, 9.17) is 10.3 Å². The van der Waals surface area contributed by atoms with Crippen LogP contribution < -0.4 is 5.73 Å². The molecule has 23 heavy (non-hydrogen) atoms. The third-order valence-corrected chi connectivity index (χ3v) is 4.52. The molecule has 1 radical (unpaired) electrons. The summed E-state index contributed by atoms with van der Waals surface area (Å²) in [6.07, 6.45) is 2.30. The van der Waals surface area contributed by atoms with E-state index in [2.05, 4.69) is 41.0 Å². The van der Waals surface area contributed by atoms with E-state index in [1.807, 2.05) is 24.3 Å². The Morgan fingerprint density at radius 1 is 1.48 bits per heavy atom. The molecule has 2 heterocycles. The van der Waals surface area contributed by atoms with Gasteiger partial charge in [-0.25, -0.2) is 0 Å². The van der Waals surface area contributed by atoms with E-state index < -0.39 is 0 Å². The maximum atomic E-state index is 6.11. The van der Waals surface area contributed by atoms with E-state index in [1.54, 1.807) is 0 Å². The summed E-state index contributed by atoms with van der Waals surface area (Å²) in [4.78, 5) is 6.50. The molecule has 1 unspecified atom stereocenters. The lowest BCUT2D eigenvalue weighted by molar-refractivity contribution is 0.278. The zero-order chi connectivity index (χ0) is 16.2. The minimum atomic E-state index is 0.136. The third-order valence-electron chi connectivity index (χ3n) is 4.52. The van der Waals surface area contributed by atoms with Crippen LogP contribution in [0.25, 0.3) is 0 Å². The molecular weight excluding hydrogens is 288 g/mol. The highest BCUT2D eigenvalue weighted by atomic mass is 16.5. The first-order chi connectivity index (χ1) is 11.1. The summed E-state index contributed by atoms with van der Waals surface area (Å²) in [5.41, 5.74) is 8.10. The zero-order valence-electron chi connectivity index (χ0n) is 13.7. The number of aliphatic imine (C=N–C) groups is 1. The van der Waals surface area contributed by atoms with Gasteiger partial charge in [-0.1, -0.05) is 43.3 Å². The van der Waals surface area contributed by atoms with Crippen molar-refractivity contribution in [2.45, 2.75) is 32.6 Å². The van der Waals surface area contributed by atoms with Gasteiger partial charge in [0, 0.05) is 25.1 Å². The lowest BCUT2D eigenvalue weighted by atomic mass is 9.98. The van der Waals surface area contributed by atoms with Crippen molar-refractivity contribution in [3.05, 3.63) is 47.7 Å². The second-order valence-corrected chi connectivity index (χ2v) is 6.29. The molecule has 2 aromatic rings. The number of piperidine rings is 1. The summed E-state index contributed by atoms with van der Waals surface area (Å²) in [5, 5.41) is 4.13. The lowest BCUT2D eigenvalue weighted by Gasteiger charge is -2.30. The van der Waals surface area contributed by atoms with E-state index in [-0.39, 0.29) is 5.92 Å². The van der Waals surface area contributed by atoms with E-state index in [1.165, 1.54) is 0 Å². The van der Waals surface area contributed by atoms with Gasteiger partial charge < -0.3 is 15.2 Å². The number of nitrogens with zero attached hydrogens (tertiary/aromatic N) is 3. The van der Waals surface area contributed by atoms with Crippen LogP contribution in [0.15, 0.2) is 39.8 Å². The first kappa shape index (κ1) is 15.6. The molecule has 0 saturated carbocycles. The SMILES string of the molecule is CC1CCN(C(N)=Nc2cc(C(C)c3c[c]ccc3)no2)CC1. The maximum absolute atomic E-state index is 6.11. The number of hydrogen-bond donors (Lipinski definition) is 1. The fraction of sp³-hybridized carbons (Fsp3) is 0.444. The molecule has 0 amide bonds. The van der Waals surface area contributed by atoms with Crippen molar-refractivity contribution in [2.75, 3.05) is 13.1 Å². The molecular formula is C18H23N4O. The monoisotopic (exact) mass is 311 g/mol. The number of benzene rings is 1. The van der Waals surface area contributed by atoms with E-state index in [9.17, 15) is 0 Å². The van der Waals surface area contributed by atoms with Gasteiger partial charge in [-0.3, -0.25) is 0 Å². The van der Waals surface area contributed by atoms with Crippen LogP contribution in [-0.4, -0.2) is 29.1 Å². The van der Waals surface area contributed by atoms with E-state index in [0.717, 1.165) is 43.1 Å². The highest BCUT2D eigenvalue weighted by Gasteiger charge is 2.18. The summed E-state index contributed by atoms with van der Waals surface area (Å²) in [5.74, 6) is 1.87. The second-order valence-electron chi connectivity index (χ2n) is 6.29. The van der Waals surface area contributed by atoms with Gasteiger partial charge in [0.05, 0.1) is 5.69 Å². The molecule has 0 aliphatic carbocycles. The molecule has 1 saturated heterocycles. The second kappa shape index (κ2) is 6.86. The Hall–Kier alpha value is -2.30. The highest BCUT2D eigenvalue weighted by molar-refractivity contribution is 5.80. The predicted molar refractivity (Wildman–Crippen MR) is 90.6 cm³/mol. The maximum Gasteiger partial charge on any atom is 0.253 e. The molecule has 1 atom stereocenters. The number of hydrogen-bond acceptors (Lipinski definition) is 3. The Balaban J connectivity index is 1.70. The van der Waals surface area contributed by atoms with Gasteiger partial charge in [0.15, 0.2) is 5.96 Å². The molecule has 1 aliphatic heterocycles. The van der Waals surface area contributed by atoms with Crippen molar-refractivity contribution in [1.82, 2.24) is 10.1 Å². The van der Waals surface area contributed by atoms with E-state index in [0.29, 0.717) is 11.8 Å². The Bertz CT molecular complexity index is 657. The van der Waals surface area contributed by atoms with Crippen LogP contribution in [0.4, 0.5) is 5.88 Å². The Kier molecular flexibility index (Phi) is 4.65. The Morgan fingerprint density at radius 2 is 2.26 bits per heavy atom. The molecule has 2 N–H and O–H groups in total. The molecule has 121 valence electrons. The van der Waals surface area contributed by atoms with Gasteiger partial charge >= 0.3 is 0 Å². The average Bonchev–Trinajstić information content (AvgIpc) is 3.04. The van der Waals surface area contributed by atoms with E-state index >= 15 is 0 Å². The average molecular weight is 311 g/mol. The number of aromatic nitrogens is 1. The van der Waals surface area contributed by atoms with Gasteiger partial charge in [-0.05, 0) is 30.4 Å². The molecule has 5 heteroatoms. The van der Waals surface area contributed by atoms with Crippen molar-refractivity contribution < 1.29 is 4.52 Å². The molecule has 1 aromatic carbocycles. The van der Waals surface area contributed by atoms with Crippen LogP contribution in [0.3, 0.4) is 0 Å². The van der Waals surface area contributed by atoms with Gasteiger partial charge in [0.1, 0.15) is 0 Å². The van der Waals surface area contributed by atoms with Crippen LogP contribution in [0, 0.1) is 12.0 Å². The zero-order valence-corrected chi connectivity index (χ0v) is 13.7. The largest absolute Gasteiger partial charge is 0.369 e. The van der Waals surface area contributed by atoms with Crippen molar-refractivity contribution >= 4 is 11.8 Å². The minimum Gasteiger partial charge on any atom is -0.369 e. The molecule has 1 aliphatic rings. The van der Waals surface area contributed by atoms with Crippen molar-refractivity contribution in [2.24, 2.45) is 16.6 Å². The number of rotatable bonds is 3. The van der Waals surface area contributed by atoms with Gasteiger partial charge in [-0.2, -0.15) is 4.99 Å². The first-order valence-corrected chi connectivity index (χ1v) is 8.15. The molecule has 3 rings (SSSR count). The standard InChI is InChI=1S/C18H23N4O/c1-13-8-10-22(11-9-13)18(19)20-17-12-16(21-23-17)14(2)15-6-4-3-5-7-15/h3-4,6-7,12-14H,8-11H2,1-2H3,(H2,19,20). The van der Waals surface area contributed by atoms with Crippen molar-refractivity contribution in [3.63, 3.8) is 0 Å². The van der Waals surface area contributed by atoms with Gasteiger partial charge in [0.25, 0.3) is 5.88 Å². The van der Waals surface area contributed by atoms with Crippen molar-refractivity contribution in [1.29, 1.82) is 0 Å². The van der Waals surface area contributed by atoms with Crippen LogP contribution in [0.5, 0.6) is 0 Å². The molecule has 1 fully saturated rings.